The van der Waals surface area contributed by atoms with E-state index >= 15 is 0 Å². The highest BCUT2D eigenvalue weighted by Gasteiger charge is 2.09. The molecular weight excluding hydrogens is 192 g/mol. The van der Waals surface area contributed by atoms with Gasteiger partial charge in [-0.25, -0.2) is 0 Å². The van der Waals surface area contributed by atoms with E-state index in [-0.39, 0.29) is 0 Å². The first-order valence-corrected chi connectivity index (χ1v) is 5.67. The van der Waals surface area contributed by atoms with Crippen molar-refractivity contribution in [2.75, 3.05) is 12.3 Å². The molecule has 1 aliphatic heterocycles. The second kappa shape index (κ2) is 3.17. The molecule has 70 valence electrons. The maximum Gasteiger partial charge on any atom is 0.0978 e. The minimum atomic E-state index is 0.963. The van der Waals surface area contributed by atoms with Gasteiger partial charge in [-0.2, -0.15) is 0 Å². The van der Waals surface area contributed by atoms with Crippen molar-refractivity contribution in [1.29, 1.82) is 0 Å². The van der Waals surface area contributed by atoms with Crippen molar-refractivity contribution < 1.29 is 0 Å². The first-order valence-electron chi connectivity index (χ1n) is 4.68. The first kappa shape index (κ1) is 8.12. The van der Waals surface area contributed by atoms with Gasteiger partial charge in [0.05, 0.1) is 5.04 Å². The molecule has 0 unspecified atom stereocenters. The molecule has 0 spiro atoms. The zero-order valence-corrected chi connectivity index (χ0v) is 8.47. The second-order valence-corrected chi connectivity index (χ2v) is 4.40. The van der Waals surface area contributed by atoms with Crippen molar-refractivity contribution >= 4 is 27.7 Å². The van der Waals surface area contributed by atoms with Gasteiger partial charge in [0.15, 0.2) is 0 Å². The van der Waals surface area contributed by atoms with Gasteiger partial charge in [0.25, 0.3) is 0 Å². The Balaban J connectivity index is 2.13. The lowest BCUT2D eigenvalue weighted by Crippen LogP contribution is -1.90. The normalized spacial score (nSPS) is 16.1. The predicted octanol–water partition coefficient (Wildman–Crippen LogP) is 2.66. The SMILES string of the molecule is c1cc2cc(C3=NCCS3)ccc2[nH]1. The highest BCUT2D eigenvalue weighted by atomic mass is 32.2. The molecule has 0 amide bonds. The zero-order valence-electron chi connectivity index (χ0n) is 7.66. The highest BCUT2D eigenvalue weighted by molar-refractivity contribution is 8.14. The maximum absolute atomic E-state index is 4.47. The van der Waals surface area contributed by atoms with Crippen molar-refractivity contribution in [2.24, 2.45) is 4.99 Å². The van der Waals surface area contributed by atoms with Crippen LogP contribution >= 0.6 is 11.8 Å². The van der Waals surface area contributed by atoms with Crippen molar-refractivity contribution in [3.8, 4) is 0 Å². The summed E-state index contributed by atoms with van der Waals surface area (Å²) in [6.07, 6.45) is 1.97. The van der Waals surface area contributed by atoms with Gasteiger partial charge < -0.3 is 4.98 Å². The fraction of sp³-hybridized carbons (Fsp3) is 0.182. The molecule has 2 aromatic rings. The van der Waals surface area contributed by atoms with E-state index in [1.54, 1.807) is 0 Å². The second-order valence-electron chi connectivity index (χ2n) is 3.32. The highest BCUT2D eigenvalue weighted by Crippen LogP contribution is 2.22. The van der Waals surface area contributed by atoms with E-state index in [2.05, 4.69) is 34.2 Å². The first-order chi connectivity index (χ1) is 6.93. The molecule has 1 aromatic carbocycles. The zero-order chi connectivity index (χ0) is 9.38. The summed E-state index contributed by atoms with van der Waals surface area (Å²) in [7, 11) is 0. The van der Waals surface area contributed by atoms with E-state index < -0.39 is 0 Å². The van der Waals surface area contributed by atoms with Gasteiger partial charge in [-0.05, 0) is 18.2 Å². The molecule has 2 heterocycles. The van der Waals surface area contributed by atoms with Gasteiger partial charge in [-0.1, -0.05) is 6.07 Å². The standard InChI is InChI=1S/C11H10N2S/c1-2-10-8(3-4-12-10)7-9(1)11-13-5-6-14-11/h1-4,7,12H,5-6H2. The molecule has 0 fully saturated rings. The topological polar surface area (TPSA) is 28.1 Å². The number of nitrogens with zero attached hydrogens (tertiary/aromatic N) is 1. The van der Waals surface area contributed by atoms with Crippen LogP contribution in [-0.2, 0) is 0 Å². The number of rotatable bonds is 1. The van der Waals surface area contributed by atoms with E-state index in [9.17, 15) is 0 Å². The monoisotopic (exact) mass is 202 g/mol. The van der Waals surface area contributed by atoms with Crippen LogP contribution in [0, 0.1) is 0 Å². The molecule has 0 radical (unpaired) electrons. The lowest BCUT2D eigenvalue weighted by atomic mass is 10.2. The molecular formula is C11H10N2S. The summed E-state index contributed by atoms with van der Waals surface area (Å²) in [5, 5.41) is 2.45. The number of H-pyrrole nitrogens is 1. The predicted molar refractivity (Wildman–Crippen MR) is 62.2 cm³/mol. The van der Waals surface area contributed by atoms with Gasteiger partial charge >= 0.3 is 0 Å². The fourth-order valence-corrected chi connectivity index (χ4v) is 2.55. The van der Waals surface area contributed by atoms with Gasteiger partial charge in [0.2, 0.25) is 0 Å². The molecule has 3 rings (SSSR count). The number of fused-ring (bicyclic) bond motifs is 1. The summed E-state index contributed by atoms with van der Waals surface area (Å²) in [5.74, 6) is 1.13. The average Bonchev–Trinajstić information content (AvgIpc) is 2.88. The van der Waals surface area contributed by atoms with Crippen LogP contribution in [0.3, 0.4) is 0 Å². The summed E-state index contributed by atoms with van der Waals surface area (Å²) in [5.41, 5.74) is 2.44. The number of aromatic nitrogens is 1. The Kier molecular flexibility index (Phi) is 1.84. The summed E-state index contributed by atoms with van der Waals surface area (Å²) < 4.78 is 0. The Hall–Kier alpha value is -1.22. The van der Waals surface area contributed by atoms with E-state index in [4.69, 9.17) is 0 Å². The third-order valence-corrected chi connectivity index (χ3v) is 3.41. The van der Waals surface area contributed by atoms with Gasteiger partial charge in [0, 0.05) is 35.0 Å². The van der Waals surface area contributed by atoms with Crippen molar-refractivity contribution in [3.63, 3.8) is 0 Å². The van der Waals surface area contributed by atoms with Crippen LogP contribution in [0.4, 0.5) is 0 Å². The van der Waals surface area contributed by atoms with Crippen molar-refractivity contribution in [1.82, 2.24) is 4.98 Å². The van der Waals surface area contributed by atoms with Crippen LogP contribution in [0.5, 0.6) is 0 Å². The molecule has 1 N–H and O–H groups in total. The molecule has 1 aliphatic rings. The van der Waals surface area contributed by atoms with Crippen LogP contribution < -0.4 is 0 Å². The van der Waals surface area contributed by atoms with Crippen LogP contribution in [0.1, 0.15) is 5.56 Å². The Bertz CT molecular complexity index is 499. The number of nitrogens with one attached hydrogen (secondary N) is 1. The third kappa shape index (κ3) is 1.24. The van der Waals surface area contributed by atoms with Gasteiger partial charge in [0.1, 0.15) is 0 Å². The lowest BCUT2D eigenvalue weighted by Gasteiger charge is -1.99. The van der Waals surface area contributed by atoms with Crippen molar-refractivity contribution in [3.05, 3.63) is 36.0 Å². The van der Waals surface area contributed by atoms with E-state index in [0.29, 0.717) is 0 Å². The van der Waals surface area contributed by atoms with Gasteiger partial charge in [-0.15, -0.1) is 11.8 Å². The summed E-state index contributed by atoms with van der Waals surface area (Å²) in [6, 6.07) is 8.55. The van der Waals surface area contributed by atoms with E-state index in [1.165, 1.54) is 21.5 Å². The summed E-state index contributed by atoms with van der Waals surface area (Å²) in [4.78, 5) is 7.66. The quantitative estimate of drug-likeness (QED) is 0.756. The third-order valence-electron chi connectivity index (χ3n) is 2.39. The lowest BCUT2D eigenvalue weighted by molar-refractivity contribution is 1.17. The van der Waals surface area contributed by atoms with Crippen LogP contribution in [0.15, 0.2) is 35.5 Å². The molecule has 14 heavy (non-hydrogen) atoms. The Labute approximate surface area is 86.4 Å². The molecule has 0 atom stereocenters. The molecule has 0 saturated carbocycles. The minimum Gasteiger partial charge on any atom is -0.361 e. The number of benzene rings is 1. The number of aliphatic imine (C=N–C) groups is 1. The molecule has 2 nitrogen and oxygen atoms in total. The molecule has 1 aromatic heterocycles. The average molecular weight is 202 g/mol. The number of aromatic amines is 1. The molecule has 0 bridgehead atoms. The van der Waals surface area contributed by atoms with E-state index in [1.807, 2.05) is 18.0 Å². The van der Waals surface area contributed by atoms with E-state index in [0.717, 1.165) is 12.3 Å². The largest absolute Gasteiger partial charge is 0.361 e. The Morgan fingerprint density at radius 2 is 2.29 bits per heavy atom. The smallest absolute Gasteiger partial charge is 0.0978 e. The summed E-state index contributed by atoms with van der Waals surface area (Å²) in [6.45, 7) is 0.963. The Morgan fingerprint density at radius 3 is 3.14 bits per heavy atom. The summed E-state index contributed by atoms with van der Waals surface area (Å²) >= 11 is 1.85. The van der Waals surface area contributed by atoms with Crippen LogP contribution in [0.25, 0.3) is 10.9 Å². The van der Waals surface area contributed by atoms with Crippen molar-refractivity contribution in [2.45, 2.75) is 0 Å². The number of hydrogen-bond donors (Lipinski definition) is 1. The molecule has 0 aliphatic carbocycles. The number of thioether (sulfide) groups is 1. The fourth-order valence-electron chi connectivity index (χ4n) is 1.70. The van der Waals surface area contributed by atoms with Crippen LogP contribution in [-0.4, -0.2) is 22.3 Å². The van der Waals surface area contributed by atoms with Gasteiger partial charge in [-0.3, -0.25) is 4.99 Å². The Morgan fingerprint density at radius 1 is 1.29 bits per heavy atom. The van der Waals surface area contributed by atoms with Crippen LogP contribution in [0.2, 0.25) is 0 Å². The maximum atomic E-state index is 4.47. The minimum absolute atomic E-state index is 0.963. The molecule has 3 heteroatoms. The molecule has 0 saturated heterocycles. The number of hydrogen-bond acceptors (Lipinski definition) is 2.